The number of rotatable bonds is 3. The molecule has 2 rings (SSSR count). The van der Waals surface area contributed by atoms with Gasteiger partial charge in [0.05, 0.1) is 6.10 Å². The van der Waals surface area contributed by atoms with Gasteiger partial charge >= 0.3 is 0 Å². The first-order chi connectivity index (χ1) is 8.58. The van der Waals surface area contributed by atoms with E-state index in [9.17, 15) is 13.9 Å². The van der Waals surface area contributed by atoms with Crippen molar-refractivity contribution in [3.8, 4) is 0 Å². The zero-order valence-electron chi connectivity index (χ0n) is 10.6. The summed E-state index contributed by atoms with van der Waals surface area (Å²) >= 11 is 0. The van der Waals surface area contributed by atoms with Gasteiger partial charge in [0.1, 0.15) is 11.6 Å². The highest BCUT2D eigenvalue weighted by atomic mass is 19.1. The highest BCUT2D eigenvalue weighted by Gasteiger charge is 2.24. The first-order valence-electron chi connectivity index (χ1n) is 6.41. The zero-order chi connectivity index (χ0) is 13.1. The number of likely N-dealkylation sites (tertiary alicyclic amines) is 1. The molecule has 2 unspecified atom stereocenters. The summed E-state index contributed by atoms with van der Waals surface area (Å²) in [6.45, 7) is 3.59. The quantitative estimate of drug-likeness (QED) is 0.897. The van der Waals surface area contributed by atoms with Gasteiger partial charge in [-0.2, -0.15) is 0 Å². The molecule has 1 aromatic rings. The van der Waals surface area contributed by atoms with Crippen molar-refractivity contribution in [2.24, 2.45) is 5.92 Å². The Hall–Kier alpha value is -1.00. The molecule has 1 aliphatic heterocycles. The molecule has 0 amide bonds. The maximum absolute atomic E-state index is 13.5. The van der Waals surface area contributed by atoms with E-state index in [0.29, 0.717) is 6.54 Å². The van der Waals surface area contributed by atoms with Crippen molar-refractivity contribution in [1.82, 2.24) is 4.90 Å². The van der Waals surface area contributed by atoms with Crippen LogP contribution >= 0.6 is 0 Å². The van der Waals surface area contributed by atoms with Gasteiger partial charge in [-0.15, -0.1) is 0 Å². The zero-order valence-corrected chi connectivity index (χ0v) is 10.6. The van der Waals surface area contributed by atoms with E-state index in [-0.39, 0.29) is 24.1 Å². The fourth-order valence-corrected chi connectivity index (χ4v) is 2.54. The maximum atomic E-state index is 13.5. The van der Waals surface area contributed by atoms with Crippen molar-refractivity contribution < 1.29 is 13.9 Å². The number of aliphatic hydroxyl groups is 1. The molecule has 0 aliphatic carbocycles. The van der Waals surface area contributed by atoms with Gasteiger partial charge in [0.15, 0.2) is 0 Å². The first kappa shape index (κ1) is 13.4. The predicted molar refractivity (Wildman–Crippen MR) is 66.0 cm³/mol. The van der Waals surface area contributed by atoms with Crippen molar-refractivity contribution in [1.29, 1.82) is 0 Å². The lowest BCUT2D eigenvalue weighted by molar-refractivity contribution is 0.0590. The first-order valence-corrected chi connectivity index (χ1v) is 6.41. The predicted octanol–water partition coefficient (Wildman–Crippen LogP) is 2.56. The lowest BCUT2D eigenvalue weighted by Gasteiger charge is -2.34. The van der Waals surface area contributed by atoms with Crippen LogP contribution < -0.4 is 0 Å². The lowest BCUT2D eigenvalue weighted by atomic mass is 9.93. The van der Waals surface area contributed by atoms with E-state index in [1.54, 1.807) is 6.92 Å². The van der Waals surface area contributed by atoms with Gasteiger partial charge in [-0.05, 0) is 44.4 Å². The molecule has 4 heteroatoms. The smallest absolute Gasteiger partial charge is 0.130 e. The Bertz CT molecular complexity index is 389. The molecule has 1 saturated heterocycles. The van der Waals surface area contributed by atoms with Crippen molar-refractivity contribution in [2.75, 3.05) is 13.1 Å². The Morgan fingerprint density at radius 1 is 1.39 bits per heavy atom. The normalized spacial score (nSPS) is 23.0. The minimum atomic E-state index is -0.492. The van der Waals surface area contributed by atoms with Gasteiger partial charge < -0.3 is 5.11 Å². The highest BCUT2D eigenvalue weighted by Crippen LogP contribution is 2.23. The molecule has 0 spiro atoms. The number of hydrogen-bond acceptors (Lipinski definition) is 2. The van der Waals surface area contributed by atoms with Crippen LogP contribution in [0.1, 0.15) is 25.3 Å². The van der Waals surface area contributed by atoms with Crippen LogP contribution in [0.25, 0.3) is 0 Å². The van der Waals surface area contributed by atoms with Crippen molar-refractivity contribution in [2.45, 2.75) is 32.4 Å². The summed E-state index contributed by atoms with van der Waals surface area (Å²) in [4.78, 5) is 2.02. The van der Waals surface area contributed by atoms with Crippen LogP contribution in [0.5, 0.6) is 0 Å². The Morgan fingerprint density at radius 2 is 2.06 bits per heavy atom. The van der Waals surface area contributed by atoms with Crippen LogP contribution in [-0.4, -0.2) is 29.2 Å². The van der Waals surface area contributed by atoms with Gasteiger partial charge in [0.2, 0.25) is 0 Å². The average molecular weight is 255 g/mol. The van der Waals surface area contributed by atoms with E-state index in [1.807, 2.05) is 4.90 Å². The Labute approximate surface area is 106 Å². The third-order valence-electron chi connectivity index (χ3n) is 3.67. The second kappa shape index (κ2) is 5.76. The molecule has 0 bridgehead atoms. The molecular formula is C14H19F2NO. The molecule has 0 radical (unpaired) electrons. The summed E-state index contributed by atoms with van der Waals surface area (Å²) in [5.74, 6) is -0.781. The van der Waals surface area contributed by atoms with Crippen LogP contribution in [0.3, 0.4) is 0 Å². The second-order valence-electron chi connectivity index (χ2n) is 5.08. The Morgan fingerprint density at radius 3 is 2.67 bits per heavy atom. The van der Waals surface area contributed by atoms with Crippen molar-refractivity contribution >= 4 is 0 Å². The molecule has 1 aromatic carbocycles. The molecule has 1 aliphatic rings. The van der Waals surface area contributed by atoms with E-state index < -0.39 is 11.6 Å². The lowest BCUT2D eigenvalue weighted by Crippen LogP contribution is -2.39. The van der Waals surface area contributed by atoms with Crippen molar-refractivity contribution in [3.63, 3.8) is 0 Å². The number of halogens is 2. The Balaban J connectivity index is 2.05. The summed E-state index contributed by atoms with van der Waals surface area (Å²) in [6, 6.07) is 3.95. The molecule has 18 heavy (non-hydrogen) atoms. The van der Waals surface area contributed by atoms with Crippen LogP contribution in [0.4, 0.5) is 8.78 Å². The fourth-order valence-electron chi connectivity index (χ4n) is 2.54. The summed E-state index contributed by atoms with van der Waals surface area (Å²) in [5, 5.41) is 9.60. The number of piperidine rings is 1. The summed E-state index contributed by atoms with van der Waals surface area (Å²) < 4.78 is 27.1. The highest BCUT2D eigenvalue weighted by molar-refractivity contribution is 5.19. The standard InChI is InChI=1S/C14H19F2NO/c1-10(18)11-4-3-7-17(8-11)9-12-13(15)5-2-6-14(12)16/h2,5-6,10-11,18H,3-4,7-9H2,1H3. The van der Waals surface area contributed by atoms with E-state index in [1.165, 1.54) is 18.2 Å². The molecular weight excluding hydrogens is 236 g/mol. The van der Waals surface area contributed by atoms with Crippen LogP contribution in [-0.2, 0) is 6.54 Å². The molecule has 1 N–H and O–H groups in total. The molecule has 2 nitrogen and oxygen atoms in total. The molecule has 1 fully saturated rings. The molecule has 0 saturated carbocycles. The van der Waals surface area contributed by atoms with Gasteiger partial charge in [-0.3, -0.25) is 4.90 Å². The second-order valence-corrected chi connectivity index (χ2v) is 5.08. The SMILES string of the molecule is CC(O)C1CCCN(Cc2c(F)cccc2F)C1. The van der Waals surface area contributed by atoms with E-state index >= 15 is 0 Å². The van der Waals surface area contributed by atoms with Gasteiger partial charge in [-0.25, -0.2) is 8.78 Å². The van der Waals surface area contributed by atoms with Gasteiger partial charge in [0, 0.05) is 18.7 Å². The number of aliphatic hydroxyl groups excluding tert-OH is 1. The number of benzene rings is 1. The number of hydrogen-bond donors (Lipinski definition) is 1. The van der Waals surface area contributed by atoms with Crippen LogP contribution in [0.15, 0.2) is 18.2 Å². The third kappa shape index (κ3) is 3.06. The van der Waals surface area contributed by atoms with Gasteiger partial charge in [0.25, 0.3) is 0 Å². The third-order valence-corrected chi connectivity index (χ3v) is 3.67. The largest absolute Gasteiger partial charge is 0.393 e. The maximum Gasteiger partial charge on any atom is 0.130 e. The van der Waals surface area contributed by atoms with E-state index in [2.05, 4.69) is 0 Å². The van der Waals surface area contributed by atoms with Crippen LogP contribution in [0.2, 0.25) is 0 Å². The minimum absolute atomic E-state index is 0.128. The Kier molecular flexibility index (Phi) is 4.30. The molecule has 0 aromatic heterocycles. The topological polar surface area (TPSA) is 23.5 Å². The van der Waals surface area contributed by atoms with Gasteiger partial charge in [-0.1, -0.05) is 6.07 Å². The monoisotopic (exact) mass is 255 g/mol. The summed E-state index contributed by atoms with van der Waals surface area (Å²) in [6.07, 6.45) is 1.58. The minimum Gasteiger partial charge on any atom is -0.393 e. The van der Waals surface area contributed by atoms with Crippen LogP contribution in [0, 0.1) is 17.6 Å². The van der Waals surface area contributed by atoms with E-state index in [0.717, 1.165) is 19.4 Å². The summed E-state index contributed by atoms with van der Waals surface area (Å²) in [5.41, 5.74) is 0.128. The van der Waals surface area contributed by atoms with E-state index in [4.69, 9.17) is 0 Å². The summed E-state index contributed by atoms with van der Waals surface area (Å²) in [7, 11) is 0. The molecule has 1 heterocycles. The average Bonchev–Trinajstić information content (AvgIpc) is 2.34. The molecule has 2 atom stereocenters. The fraction of sp³-hybridized carbons (Fsp3) is 0.571. The molecule has 100 valence electrons. The van der Waals surface area contributed by atoms with Crippen molar-refractivity contribution in [3.05, 3.63) is 35.4 Å². The number of nitrogens with zero attached hydrogens (tertiary/aromatic N) is 1.